The van der Waals surface area contributed by atoms with Crippen LogP contribution in [0.3, 0.4) is 0 Å². The third-order valence-corrected chi connectivity index (χ3v) is 7.73. The Morgan fingerprint density at radius 3 is 2.29 bits per heavy atom. The number of hydrogen-bond acceptors (Lipinski definition) is 9. The van der Waals surface area contributed by atoms with Crippen LogP contribution in [0.5, 0.6) is 11.5 Å². The Bertz CT molecular complexity index is 1430. The zero-order valence-corrected chi connectivity index (χ0v) is 19.6. The van der Waals surface area contributed by atoms with E-state index in [0.29, 0.717) is 56.7 Å². The highest BCUT2D eigenvalue weighted by molar-refractivity contribution is 7.91. The molecule has 0 unspecified atom stereocenters. The molecule has 0 aliphatic carbocycles. The third-order valence-electron chi connectivity index (χ3n) is 6.08. The van der Waals surface area contributed by atoms with Gasteiger partial charge in [-0.2, -0.15) is 4.98 Å². The van der Waals surface area contributed by atoms with Gasteiger partial charge in [-0.1, -0.05) is 18.2 Å². The SMILES string of the molecule is O=S(=O)(c1ccc2c(c1)OCCO2)c1nc(-c2ccco2)oc1N1CCN(c2ccccc2)CC1. The van der Waals surface area contributed by atoms with Crippen LogP contribution in [-0.4, -0.2) is 52.8 Å². The molecular weight excluding hydrogens is 470 g/mol. The number of nitrogens with zero attached hydrogens (tertiary/aromatic N) is 3. The summed E-state index contributed by atoms with van der Waals surface area (Å²) in [6.45, 7) is 3.36. The standard InChI is InChI=1S/C25H23N3O6S/c29-35(30,19-8-9-20-22(17-19)33-16-15-32-20)24-25(34-23(26-24)21-7-4-14-31-21)28-12-10-27(11-13-28)18-5-2-1-3-6-18/h1-9,14,17H,10-13,15-16H2. The third kappa shape index (κ3) is 3.99. The number of benzene rings is 2. The van der Waals surface area contributed by atoms with Crippen LogP contribution in [-0.2, 0) is 9.84 Å². The largest absolute Gasteiger partial charge is 0.486 e. The lowest BCUT2D eigenvalue weighted by atomic mass is 10.2. The van der Waals surface area contributed by atoms with Crippen LogP contribution in [0, 0.1) is 0 Å². The highest BCUT2D eigenvalue weighted by Gasteiger charge is 2.34. The molecule has 0 bridgehead atoms. The lowest BCUT2D eigenvalue weighted by Gasteiger charge is -2.36. The van der Waals surface area contributed by atoms with Crippen LogP contribution >= 0.6 is 0 Å². The van der Waals surface area contributed by atoms with Gasteiger partial charge in [0.2, 0.25) is 20.7 Å². The number of fused-ring (bicyclic) bond motifs is 1. The maximum absolute atomic E-state index is 13.8. The van der Waals surface area contributed by atoms with E-state index in [1.807, 2.05) is 23.1 Å². The first-order valence-corrected chi connectivity index (χ1v) is 12.8. The van der Waals surface area contributed by atoms with Gasteiger partial charge in [0, 0.05) is 37.9 Å². The Morgan fingerprint density at radius 2 is 1.54 bits per heavy atom. The smallest absolute Gasteiger partial charge is 0.266 e. The average Bonchev–Trinajstić information content (AvgIpc) is 3.60. The minimum Gasteiger partial charge on any atom is -0.486 e. The Labute approximate surface area is 202 Å². The van der Waals surface area contributed by atoms with E-state index in [-0.39, 0.29) is 21.7 Å². The maximum Gasteiger partial charge on any atom is 0.266 e. The molecule has 0 amide bonds. The fraction of sp³-hybridized carbons (Fsp3) is 0.240. The van der Waals surface area contributed by atoms with E-state index in [2.05, 4.69) is 22.0 Å². The number of furan rings is 1. The van der Waals surface area contributed by atoms with E-state index in [1.54, 1.807) is 18.2 Å². The molecule has 0 spiro atoms. The average molecular weight is 494 g/mol. The number of oxazole rings is 1. The van der Waals surface area contributed by atoms with E-state index in [4.69, 9.17) is 18.3 Å². The van der Waals surface area contributed by atoms with Crippen molar-refractivity contribution in [3.8, 4) is 23.1 Å². The van der Waals surface area contributed by atoms with E-state index >= 15 is 0 Å². The van der Waals surface area contributed by atoms with Gasteiger partial charge in [-0.3, -0.25) is 0 Å². The second-order valence-electron chi connectivity index (χ2n) is 8.23. The van der Waals surface area contributed by atoms with Crippen LogP contribution in [0.25, 0.3) is 11.7 Å². The van der Waals surface area contributed by atoms with Crippen LogP contribution < -0.4 is 19.3 Å². The lowest BCUT2D eigenvalue weighted by molar-refractivity contribution is 0.171. The summed E-state index contributed by atoms with van der Waals surface area (Å²) in [5.41, 5.74) is 1.13. The van der Waals surface area contributed by atoms with Crippen molar-refractivity contribution in [3.63, 3.8) is 0 Å². The van der Waals surface area contributed by atoms with E-state index in [1.165, 1.54) is 18.4 Å². The van der Waals surface area contributed by atoms with Crippen molar-refractivity contribution in [2.45, 2.75) is 9.92 Å². The first kappa shape index (κ1) is 21.6. The summed E-state index contributed by atoms with van der Waals surface area (Å²) >= 11 is 0. The summed E-state index contributed by atoms with van der Waals surface area (Å²) in [5, 5.41) is -0.145. The molecule has 2 aromatic carbocycles. The first-order chi connectivity index (χ1) is 17.1. The van der Waals surface area contributed by atoms with Crippen LogP contribution in [0.4, 0.5) is 11.6 Å². The normalized spacial score (nSPS) is 15.9. The van der Waals surface area contributed by atoms with Crippen molar-refractivity contribution < 1.29 is 26.7 Å². The fourth-order valence-electron chi connectivity index (χ4n) is 4.29. The Kier molecular flexibility index (Phi) is 5.37. The highest BCUT2D eigenvalue weighted by atomic mass is 32.2. The van der Waals surface area contributed by atoms with Crippen molar-refractivity contribution in [1.29, 1.82) is 0 Å². The molecule has 4 aromatic rings. The van der Waals surface area contributed by atoms with Crippen molar-refractivity contribution in [2.24, 2.45) is 0 Å². The summed E-state index contributed by atoms with van der Waals surface area (Å²) in [5.74, 6) is 1.59. The molecular formula is C25H23N3O6S. The molecule has 1 fully saturated rings. The summed E-state index contributed by atoms with van der Waals surface area (Å²) in [7, 11) is -4.03. The molecule has 180 valence electrons. The van der Waals surface area contributed by atoms with Gasteiger partial charge in [0.25, 0.3) is 5.89 Å². The van der Waals surface area contributed by atoms with E-state index in [9.17, 15) is 8.42 Å². The van der Waals surface area contributed by atoms with Gasteiger partial charge in [0.05, 0.1) is 11.2 Å². The Hall–Kier alpha value is -3.92. The molecule has 0 saturated carbocycles. The number of sulfone groups is 1. The molecule has 1 saturated heterocycles. The van der Waals surface area contributed by atoms with E-state index in [0.717, 1.165) is 5.69 Å². The summed E-state index contributed by atoms with van der Waals surface area (Å²) in [6.07, 6.45) is 1.49. The second-order valence-corrected chi connectivity index (χ2v) is 10.1. The molecule has 6 rings (SSSR count). The number of ether oxygens (including phenoxy) is 2. The number of hydrogen-bond donors (Lipinski definition) is 0. The van der Waals surface area contributed by atoms with Crippen molar-refractivity contribution in [2.75, 3.05) is 49.2 Å². The number of aromatic nitrogens is 1. The molecule has 2 aliphatic rings. The van der Waals surface area contributed by atoms with E-state index < -0.39 is 9.84 Å². The van der Waals surface area contributed by atoms with Crippen LogP contribution in [0.15, 0.2) is 85.7 Å². The minimum absolute atomic E-state index is 0.0604. The van der Waals surface area contributed by atoms with Crippen molar-refractivity contribution in [3.05, 3.63) is 66.9 Å². The minimum atomic E-state index is -4.03. The maximum atomic E-state index is 13.8. The van der Waals surface area contributed by atoms with Gasteiger partial charge in [-0.25, -0.2) is 8.42 Å². The molecule has 0 N–H and O–H groups in total. The van der Waals surface area contributed by atoms with Crippen molar-refractivity contribution in [1.82, 2.24) is 4.98 Å². The molecule has 9 nitrogen and oxygen atoms in total. The van der Waals surface area contributed by atoms with Gasteiger partial charge >= 0.3 is 0 Å². The topological polar surface area (TPSA) is 98.2 Å². The van der Waals surface area contributed by atoms with Gasteiger partial charge in [-0.05, 0) is 36.4 Å². The predicted octanol–water partition coefficient (Wildman–Crippen LogP) is 3.87. The molecule has 10 heteroatoms. The van der Waals surface area contributed by atoms with Gasteiger partial charge in [0.15, 0.2) is 17.3 Å². The number of para-hydroxylation sites is 1. The molecule has 35 heavy (non-hydrogen) atoms. The molecule has 2 aromatic heterocycles. The quantitative estimate of drug-likeness (QED) is 0.410. The highest BCUT2D eigenvalue weighted by Crippen LogP contribution is 2.38. The summed E-state index contributed by atoms with van der Waals surface area (Å²) in [4.78, 5) is 8.63. The van der Waals surface area contributed by atoms with Crippen LogP contribution in [0.2, 0.25) is 0 Å². The molecule has 0 atom stereocenters. The number of piperazine rings is 1. The summed E-state index contributed by atoms with van der Waals surface area (Å²) in [6, 6.07) is 18.1. The monoisotopic (exact) mass is 493 g/mol. The molecule has 4 heterocycles. The van der Waals surface area contributed by atoms with Gasteiger partial charge in [-0.15, -0.1) is 0 Å². The second kappa shape index (κ2) is 8.70. The Balaban J connectivity index is 1.36. The zero-order valence-electron chi connectivity index (χ0n) is 18.8. The first-order valence-electron chi connectivity index (χ1n) is 11.3. The Morgan fingerprint density at radius 1 is 0.800 bits per heavy atom. The molecule has 2 aliphatic heterocycles. The van der Waals surface area contributed by atoms with Crippen molar-refractivity contribution >= 4 is 21.4 Å². The number of anilines is 2. The number of rotatable bonds is 5. The van der Waals surface area contributed by atoms with Crippen LogP contribution in [0.1, 0.15) is 0 Å². The lowest BCUT2D eigenvalue weighted by Crippen LogP contribution is -2.46. The molecule has 0 radical (unpaired) electrons. The van der Waals surface area contributed by atoms with Gasteiger partial charge < -0.3 is 28.1 Å². The zero-order chi connectivity index (χ0) is 23.8. The van der Waals surface area contributed by atoms with Gasteiger partial charge in [0.1, 0.15) is 13.2 Å². The summed E-state index contributed by atoms with van der Waals surface area (Å²) < 4.78 is 50.1. The predicted molar refractivity (Wildman–Crippen MR) is 128 cm³/mol. The fourth-order valence-corrected chi connectivity index (χ4v) is 5.62.